The topological polar surface area (TPSA) is 104 Å². The molecular weight excluding hydrogens is 731 g/mol. The highest BCUT2D eigenvalue weighted by Crippen LogP contribution is 2.64. The minimum Gasteiger partial charge on any atom is -0.508 e. The molecule has 2 heterocycles. The van der Waals surface area contributed by atoms with E-state index in [0.29, 0.717) is 35.7 Å². The maximum Gasteiger partial charge on any atom is 0.241 e. The van der Waals surface area contributed by atoms with Gasteiger partial charge in [0.2, 0.25) is 23.6 Å². The number of benzene rings is 4. The van der Waals surface area contributed by atoms with Crippen LogP contribution in [0.3, 0.4) is 0 Å². The second-order valence-electron chi connectivity index (χ2n) is 13.5. The summed E-state index contributed by atoms with van der Waals surface area (Å²) >= 11 is 2.18. The van der Waals surface area contributed by atoms with Crippen molar-refractivity contribution in [1.82, 2.24) is 0 Å². The van der Waals surface area contributed by atoms with Crippen LogP contribution in [0.25, 0.3) is 0 Å². The summed E-state index contributed by atoms with van der Waals surface area (Å²) in [6, 6.07) is 30.9. The number of carbonyl (C=O) groups excluding carboxylic acids is 4. The van der Waals surface area contributed by atoms with Gasteiger partial charge in [-0.15, -0.1) is 0 Å². The molecule has 2 aliphatic carbocycles. The van der Waals surface area contributed by atoms with E-state index >= 15 is 0 Å². The van der Waals surface area contributed by atoms with E-state index in [-0.39, 0.29) is 35.8 Å². The largest absolute Gasteiger partial charge is 0.508 e. The first-order valence-corrected chi connectivity index (χ1v) is 17.5. The number of aromatic hydroxyl groups is 1. The average Bonchev–Trinajstić information content (AvgIpc) is 3.48. The first-order chi connectivity index (χ1) is 23.7. The normalized spacial score (nSPS) is 27.5. The van der Waals surface area contributed by atoms with Crippen LogP contribution in [0, 0.1) is 32.7 Å². The fourth-order valence-electron chi connectivity index (χ4n) is 8.63. The Labute approximate surface area is 297 Å². The molecule has 8 nitrogen and oxygen atoms in total. The van der Waals surface area contributed by atoms with Gasteiger partial charge in [-0.3, -0.25) is 24.1 Å². The predicted molar refractivity (Wildman–Crippen MR) is 192 cm³/mol. The van der Waals surface area contributed by atoms with Gasteiger partial charge in [-0.2, -0.15) is 0 Å². The van der Waals surface area contributed by atoms with Crippen molar-refractivity contribution in [2.75, 3.05) is 9.80 Å². The number of allylic oxidation sites excluding steroid dienone is 2. The fraction of sp³-hybridized carbons (Fsp3) is 0.250. The number of fused-ring (bicyclic) bond motifs is 4. The summed E-state index contributed by atoms with van der Waals surface area (Å²) in [7, 11) is 0. The Morgan fingerprint density at radius 3 is 2.16 bits per heavy atom. The number of phenolic OH excluding ortho intramolecular Hbond substituents is 1. The van der Waals surface area contributed by atoms with Gasteiger partial charge < -0.3 is 9.84 Å². The Bertz CT molecular complexity index is 2030. The van der Waals surface area contributed by atoms with Crippen LogP contribution in [0.1, 0.15) is 36.8 Å². The van der Waals surface area contributed by atoms with Crippen LogP contribution in [-0.4, -0.2) is 28.7 Å². The van der Waals surface area contributed by atoms with E-state index in [2.05, 4.69) is 22.6 Å². The van der Waals surface area contributed by atoms with Gasteiger partial charge in [-0.1, -0.05) is 66.2 Å². The number of nitrogens with zero attached hydrogens (tertiary/aromatic N) is 2. The number of phenols is 1. The molecule has 2 aliphatic heterocycles. The molecule has 49 heavy (non-hydrogen) atoms. The molecule has 0 unspecified atom stereocenters. The van der Waals surface area contributed by atoms with Gasteiger partial charge >= 0.3 is 0 Å². The summed E-state index contributed by atoms with van der Waals surface area (Å²) in [5, 5.41) is 11.6. The molecule has 4 aromatic carbocycles. The minimum absolute atomic E-state index is 0.0630. The first kappa shape index (κ1) is 31.5. The molecule has 6 atom stereocenters. The summed E-state index contributed by atoms with van der Waals surface area (Å²) in [6.07, 6.45) is 2.55. The lowest BCUT2D eigenvalue weighted by Crippen LogP contribution is -2.48. The van der Waals surface area contributed by atoms with Crippen LogP contribution in [0.5, 0.6) is 11.5 Å². The molecule has 4 aliphatic rings. The molecule has 1 N–H and O–H groups in total. The zero-order valence-corrected chi connectivity index (χ0v) is 28.8. The Kier molecular flexibility index (Phi) is 7.70. The lowest BCUT2D eigenvalue weighted by atomic mass is 9.51. The molecule has 1 saturated carbocycles. The number of anilines is 2. The van der Waals surface area contributed by atoms with Crippen LogP contribution in [-0.2, 0) is 25.8 Å². The number of imide groups is 2. The molecule has 0 spiro atoms. The first-order valence-electron chi connectivity index (χ1n) is 16.4. The Hall–Kier alpha value is -4.77. The second kappa shape index (κ2) is 12.0. The van der Waals surface area contributed by atoms with Crippen molar-refractivity contribution in [3.8, 4) is 11.5 Å². The zero-order chi connectivity index (χ0) is 34.0. The Morgan fingerprint density at radius 2 is 1.47 bits per heavy atom. The summed E-state index contributed by atoms with van der Waals surface area (Å²) in [4.78, 5) is 59.7. The zero-order valence-electron chi connectivity index (χ0n) is 26.7. The van der Waals surface area contributed by atoms with Crippen LogP contribution in [0.2, 0.25) is 0 Å². The fourth-order valence-corrected chi connectivity index (χ4v) is 8.99. The van der Waals surface area contributed by atoms with Crippen LogP contribution < -0.4 is 14.5 Å². The average molecular weight is 765 g/mol. The van der Waals surface area contributed by atoms with E-state index in [1.54, 1.807) is 54.6 Å². The molecule has 246 valence electrons. The van der Waals surface area contributed by atoms with E-state index in [1.807, 2.05) is 61.5 Å². The third-order valence-electron chi connectivity index (χ3n) is 10.9. The van der Waals surface area contributed by atoms with E-state index in [4.69, 9.17) is 4.74 Å². The number of para-hydroxylation sites is 1. The molecule has 0 radical (unpaired) electrons. The highest BCUT2D eigenvalue weighted by atomic mass is 127. The summed E-state index contributed by atoms with van der Waals surface area (Å²) in [5.74, 6) is -4.08. The van der Waals surface area contributed by atoms with Crippen molar-refractivity contribution in [3.05, 3.63) is 129 Å². The third-order valence-corrected chi connectivity index (χ3v) is 11.7. The lowest BCUT2D eigenvalue weighted by Gasteiger charge is -2.49. The number of amides is 4. The Balaban J connectivity index is 1.21. The number of hydrogen-bond acceptors (Lipinski definition) is 6. The molecular formula is C40H33IN2O6. The quantitative estimate of drug-likeness (QED) is 0.129. The van der Waals surface area contributed by atoms with Crippen molar-refractivity contribution in [2.45, 2.75) is 32.3 Å². The molecule has 3 fully saturated rings. The number of carbonyl (C=O) groups is 4. The minimum atomic E-state index is -1.26. The molecule has 0 aromatic heterocycles. The van der Waals surface area contributed by atoms with Gasteiger partial charge in [0.05, 0.1) is 34.5 Å². The standard InChI is InChI=1S/C40H33IN2O6/c1-40-32(37(46)43(39(40)48)25-10-6-3-7-11-25)21-31-28(18-19-30-34(31)38(47)42(36(30)45)26-14-12-24(41)13-15-26)35(40)29-17-16-27(20-33(29)44)49-22-23-8-4-2-5-9-23/h2-18,20,30-32,34-35,44H,19,21-22H2,1H3/t30-,31+,32-,34-,35+,40+/m0/s1. The van der Waals surface area contributed by atoms with Crippen LogP contribution in [0.4, 0.5) is 11.4 Å². The highest BCUT2D eigenvalue weighted by molar-refractivity contribution is 14.1. The van der Waals surface area contributed by atoms with Crippen molar-refractivity contribution in [3.63, 3.8) is 0 Å². The van der Waals surface area contributed by atoms with Crippen LogP contribution >= 0.6 is 22.6 Å². The van der Waals surface area contributed by atoms with Crippen LogP contribution in [0.15, 0.2) is 115 Å². The number of ether oxygens (including phenoxy) is 1. The van der Waals surface area contributed by atoms with Crippen molar-refractivity contribution in [1.29, 1.82) is 0 Å². The smallest absolute Gasteiger partial charge is 0.241 e. The molecule has 4 amide bonds. The molecule has 8 rings (SSSR count). The maximum atomic E-state index is 14.6. The lowest BCUT2D eigenvalue weighted by molar-refractivity contribution is -0.131. The summed E-state index contributed by atoms with van der Waals surface area (Å²) in [6.45, 7) is 2.12. The number of rotatable bonds is 6. The van der Waals surface area contributed by atoms with Gasteiger partial charge in [-0.25, -0.2) is 4.90 Å². The molecule has 2 saturated heterocycles. The van der Waals surface area contributed by atoms with E-state index in [9.17, 15) is 24.3 Å². The van der Waals surface area contributed by atoms with Crippen molar-refractivity contribution >= 4 is 57.6 Å². The molecule has 9 heteroatoms. The number of hydrogen-bond donors (Lipinski definition) is 1. The van der Waals surface area contributed by atoms with E-state index in [1.165, 1.54) is 9.80 Å². The second-order valence-corrected chi connectivity index (χ2v) is 14.7. The molecule has 0 bridgehead atoms. The summed E-state index contributed by atoms with van der Waals surface area (Å²) in [5.41, 5.74) is 2.02. The SMILES string of the molecule is C[C@@]12C(=O)N(c3ccccc3)C(=O)[C@@H]1C[C@@H]1C(=CC[C@@H]3C(=O)N(c4ccc(I)cc4)C(=O)[C@@H]31)[C@@H]2c1ccc(OCc2ccccc2)cc1O. The molecule has 4 aromatic rings. The predicted octanol–water partition coefficient (Wildman–Crippen LogP) is 7.01. The van der Waals surface area contributed by atoms with Crippen molar-refractivity contribution in [2.24, 2.45) is 29.1 Å². The highest BCUT2D eigenvalue weighted by Gasteiger charge is 2.68. The summed E-state index contributed by atoms with van der Waals surface area (Å²) < 4.78 is 6.98. The number of halogens is 1. The van der Waals surface area contributed by atoms with E-state index in [0.717, 1.165) is 14.7 Å². The van der Waals surface area contributed by atoms with Gasteiger partial charge in [-0.05, 0) is 96.3 Å². The van der Waals surface area contributed by atoms with Gasteiger partial charge in [0.1, 0.15) is 18.1 Å². The van der Waals surface area contributed by atoms with Crippen molar-refractivity contribution < 1.29 is 29.0 Å². The Morgan fingerprint density at radius 1 is 0.796 bits per heavy atom. The maximum absolute atomic E-state index is 14.6. The monoisotopic (exact) mass is 764 g/mol. The van der Waals surface area contributed by atoms with Gasteiger partial charge in [0.15, 0.2) is 0 Å². The third kappa shape index (κ3) is 4.92. The van der Waals surface area contributed by atoms with Gasteiger partial charge in [0.25, 0.3) is 0 Å². The van der Waals surface area contributed by atoms with E-state index < -0.39 is 35.0 Å². The van der Waals surface area contributed by atoms with Gasteiger partial charge in [0, 0.05) is 21.1 Å².